The van der Waals surface area contributed by atoms with E-state index in [0.29, 0.717) is 12.8 Å². The molecule has 3 N–H and O–H groups in total. The van der Waals surface area contributed by atoms with Crippen LogP contribution in [0.15, 0.2) is 48.6 Å². The number of carbonyl (C=O) groups excluding carboxylic acids is 2. The zero-order chi connectivity index (χ0) is 45.5. The highest BCUT2D eigenvalue weighted by Crippen LogP contribution is 2.43. The molecule has 0 rings (SSSR count). The minimum atomic E-state index is -4.65. The van der Waals surface area contributed by atoms with Crippen molar-refractivity contribution in [3.8, 4) is 0 Å². The minimum Gasteiger partial charge on any atom is -0.457 e. The molecule has 62 heavy (non-hydrogen) atoms. The number of allylic oxidation sites excluding steroid dienone is 8. The summed E-state index contributed by atoms with van der Waals surface area (Å²) in [6.07, 6.45) is 52.2. The van der Waals surface area contributed by atoms with Crippen molar-refractivity contribution in [2.45, 2.75) is 238 Å². The van der Waals surface area contributed by atoms with Crippen LogP contribution >= 0.6 is 7.82 Å². The van der Waals surface area contributed by atoms with Gasteiger partial charge in [-0.1, -0.05) is 184 Å². The molecule has 0 radical (unpaired) electrons. The molecular formula is C51H93O10P. The van der Waals surface area contributed by atoms with E-state index >= 15 is 0 Å². The second-order valence-corrected chi connectivity index (χ2v) is 18.2. The van der Waals surface area contributed by atoms with Crippen LogP contribution in [0.2, 0.25) is 0 Å². The molecule has 0 fully saturated rings. The van der Waals surface area contributed by atoms with Gasteiger partial charge in [-0.05, 0) is 77.0 Å². The maximum atomic E-state index is 12.4. The van der Waals surface area contributed by atoms with Crippen LogP contribution in [0, 0.1) is 0 Å². The summed E-state index contributed by atoms with van der Waals surface area (Å²) >= 11 is 0. The van der Waals surface area contributed by atoms with E-state index in [9.17, 15) is 29.3 Å². The number of esters is 2. The summed E-state index contributed by atoms with van der Waals surface area (Å²) in [4.78, 5) is 34.6. The molecule has 0 aromatic heterocycles. The molecule has 3 unspecified atom stereocenters. The van der Waals surface area contributed by atoms with Crippen LogP contribution in [0.1, 0.15) is 226 Å². The molecule has 0 aromatic carbocycles. The monoisotopic (exact) mass is 897 g/mol. The Morgan fingerprint density at radius 3 is 1.02 bits per heavy atom. The standard InChI is InChI=1S/C51H93O10P/c1-3-5-7-9-11-13-15-17-19-21-22-23-24-25-26-27-29-31-33-35-37-39-41-43-51(55)61-49(45-53)47-59-62(56,57)58-46-48(44-52)60-50(54)42-40-38-36-34-32-30-28-20-18-16-14-12-10-8-6-4-2/h14-17,20-22,28,48-49,52-53H,3-13,18-19,23-27,29-47H2,1-2H3,(H,56,57)/b16-14-,17-15-,22-21-,28-20-. The molecule has 362 valence electrons. The van der Waals surface area contributed by atoms with E-state index in [-0.39, 0.29) is 12.8 Å². The van der Waals surface area contributed by atoms with Crippen molar-refractivity contribution in [2.24, 2.45) is 0 Å². The van der Waals surface area contributed by atoms with Crippen molar-refractivity contribution in [3.05, 3.63) is 48.6 Å². The summed E-state index contributed by atoms with van der Waals surface area (Å²) in [5, 5.41) is 19.2. The molecule has 0 heterocycles. The third kappa shape index (κ3) is 44.5. The number of ether oxygens (including phenoxy) is 2. The van der Waals surface area contributed by atoms with Crippen LogP contribution in [-0.2, 0) is 32.7 Å². The van der Waals surface area contributed by atoms with Gasteiger partial charge in [0.25, 0.3) is 0 Å². The lowest BCUT2D eigenvalue weighted by molar-refractivity contribution is -0.153. The Morgan fingerprint density at radius 1 is 0.435 bits per heavy atom. The molecule has 0 amide bonds. The topological polar surface area (TPSA) is 149 Å². The first-order chi connectivity index (χ1) is 30.3. The van der Waals surface area contributed by atoms with Gasteiger partial charge in [0.1, 0.15) is 12.2 Å². The molecule has 0 saturated heterocycles. The predicted octanol–water partition coefficient (Wildman–Crippen LogP) is 14.1. The van der Waals surface area contributed by atoms with Crippen molar-refractivity contribution < 1.29 is 47.8 Å². The second-order valence-electron chi connectivity index (χ2n) is 16.8. The Balaban J connectivity index is 3.86. The third-order valence-electron chi connectivity index (χ3n) is 10.8. The van der Waals surface area contributed by atoms with E-state index < -0.39 is 58.4 Å². The van der Waals surface area contributed by atoms with Crippen molar-refractivity contribution in [1.82, 2.24) is 0 Å². The molecule has 0 saturated carbocycles. The van der Waals surface area contributed by atoms with E-state index in [1.165, 1.54) is 122 Å². The lowest BCUT2D eigenvalue weighted by atomic mass is 10.0. The second kappa shape index (κ2) is 46.9. The number of carbonyl (C=O) groups is 2. The van der Waals surface area contributed by atoms with Gasteiger partial charge in [0.15, 0.2) is 0 Å². The highest BCUT2D eigenvalue weighted by molar-refractivity contribution is 7.47. The van der Waals surface area contributed by atoms with E-state index in [4.69, 9.17) is 18.5 Å². The number of hydrogen-bond acceptors (Lipinski definition) is 9. The summed E-state index contributed by atoms with van der Waals surface area (Å²) in [6.45, 7) is 2.18. The average molecular weight is 897 g/mol. The zero-order valence-electron chi connectivity index (χ0n) is 39.6. The minimum absolute atomic E-state index is 0.176. The number of hydrogen-bond donors (Lipinski definition) is 3. The largest absolute Gasteiger partial charge is 0.472 e. The summed E-state index contributed by atoms with van der Waals surface area (Å²) < 4.78 is 32.7. The first-order valence-electron chi connectivity index (χ1n) is 25.1. The summed E-state index contributed by atoms with van der Waals surface area (Å²) in [7, 11) is -4.65. The van der Waals surface area contributed by atoms with E-state index in [2.05, 4.69) is 62.5 Å². The molecular weight excluding hydrogens is 804 g/mol. The summed E-state index contributed by atoms with van der Waals surface area (Å²) in [6, 6.07) is 0. The van der Waals surface area contributed by atoms with Crippen LogP contribution in [0.3, 0.4) is 0 Å². The van der Waals surface area contributed by atoms with E-state index in [1.807, 2.05) is 0 Å². The molecule has 10 nitrogen and oxygen atoms in total. The van der Waals surface area contributed by atoms with Crippen molar-refractivity contribution in [2.75, 3.05) is 26.4 Å². The molecule has 0 aliphatic carbocycles. The van der Waals surface area contributed by atoms with Gasteiger partial charge < -0.3 is 24.6 Å². The van der Waals surface area contributed by atoms with Gasteiger partial charge in [0.05, 0.1) is 26.4 Å². The molecule has 0 aromatic rings. The Hall–Kier alpha value is -2.07. The van der Waals surface area contributed by atoms with Crippen molar-refractivity contribution >= 4 is 19.8 Å². The highest BCUT2D eigenvalue weighted by atomic mass is 31.2. The summed E-state index contributed by atoms with van der Waals surface area (Å²) in [5.41, 5.74) is 0. The van der Waals surface area contributed by atoms with Gasteiger partial charge in [-0.15, -0.1) is 0 Å². The van der Waals surface area contributed by atoms with Crippen molar-refractivity contribution in [1.29, 1.82) is 0 Å². The predicted molar refractivity (Wildman–Crippen MR) is 256 cm³/mol. The number of rotatable bonds is 47. The lowest BCUT2D eigenvalue weighted by Crippen LogP contribution is -2.28. The Bertz CT molecular complexity index is 1170. The van der Waals surface area contributed by atoms with Crippen LogP contribution in [-0.4, -0.2) is 65.7 Å². The first-order valence-corrected chi connectivity index (χ1v) is 26.6. The number of aliphatic hydroxyl groups excluding tert-OH is 2. The van der Waals surface area contributed by atoms with Gasteiger partial charge >= 0.3 is 19.8 Å². The van der Waals surface area contributed by atoms with Crippen LogP contribution in [0.5, 0.6) is 0 Å². The SMILES string of the molecule is CCCCCC/C=C\C/C=C\CCCCCCCC(=O)OC(CO)COP(=O)(O)OCC(CO)OC(=O)CCCCCCCCCCCCC/C=C\C/C=C\CCCCCCC. The summed E-state index contributed by atoms with van der Waals surface area (Å²) in [5.74, 6) is -1.03. The number of phosphoric acid groups is 1. The maximum absolute atomic E-state index is 12.4. The normalized spacial score (nSPS) is 14.1. The number of aliphatic hydroxyl groups is 2. The van der Waals surface area contributed by atoms with Crippen LogP contribution in [0.4, 0.5) is 0 Å². The van der Waals surface area contributed by atoms with Crippen LogP contribution in [0.25, 0.3) is 0 Å². The Morgan fingerprint density at radius 2 is 0.710 bits per heavy atom. The Kier molecular flexibility index (Phi) is 45.3. The van der Waals surface area contributed by atoms with Gasteiger partial charge in [-0.2, -0.15) is 0 Å². The molecule has 11 heteroatoms. The Labute approximate surface area is 379 Å². The van der Waals surface area contributed by atoms with Gasteiger partial charge in [-0.3, -0.25) is 18.6 Å². The fraction of sp³-hybridized carbons (Fsp3) is 0.804. The van der Waals surface area contributed by atoms with E-state index in [0.717, 1.165) is 64.2 Å². The lowest BCUT2D eigenvalue weighted by Gasteiger charge is -2.20. The fourth-order valence-corrected chi connectivity index (χ4v) is 7.67. The van der Waals surface area contributed by atoms with E-state index in [1.54, 1.807) is 0 Å². The molecule has 0 aliphatic rings. The quantitative estimate of drug-likeness (QED) is 0.0233. The molecule has 0 spiro atoms. The van der Waals surface area contributed by atoms with Gasteiger partial charge in [-0.25, -0.2) is 4.57 Å². The van der Waals surface area contributed by atoms with Crippen molar-refractivity contribution in [3.63, 3.8) is 0 Å². The van der Waals surface area contributed by atoms with Crippen LogP contribution < -0.4 is 0 Å². The number of unbranched alkanes of at least 4 members (excludes halogenated alkanes) is 25. The number of phosphoric ester groups is 1. The molecule has 0 bridgehead atoms. The first kappa shape index (κ1) is 59.9. The maximum Gasteiger partial charge on any atom is 0.472 e. The zero-order valence-corrected chi connectivity index (χ0v) is 40.5. The highest BCUT2D eigenvalue weighted by Gasteiger charge is 2.27. The van der Waals surface area contributed by atoms with Gasteiger partial charge in [0.2, 0.25) is 0 Å². The smallest absolute Gasteiger partial charge is 0.457 e. The average Bonchev–Trinajstić information content (AvgIpc) is 3.26. The molecule has 0 aliphatic heterocycles. The third-order valence-corrected chi connectivity index (χ3v) is 11.7. The fourth-order valence-electron chi connectivity index (χ4n) is 6.88. The molecule has 3 atom stereocenters. The van der Waals surface area contributed by atoms with Gasteiger partial charge in [0, 0.05) is 12.8 Å².